The molecule has 3 heterocycles. The van der Waals surface area contributed by atoms with E-state index in [9.17, 15) is 19.7 Å². The number of halogens is 1. The van der Waals surface area contributed by atoms with E-state index >= 15 is 0 Å². The van der Waals surface area contributed by atoms with E-state index in [0.29, 0.717) is 16.4 Å². The summed E-state index contributed by atoms with van der Waals surface area (Å²) in [5.41, 5.74) is 0.395. The highest BCUT2D eigenvalue weighted by atomic mass is 35.5. The Morgan fingerprint density at radius 1 is 1.06 bits per heavy atom. The van der Waals surface area contributed by atoms with Crippen LogP contribution in [0, 0.1) is 10.1 Å². The van der Waals surface area contributed by atoms with Crippen molar-refractivity contribution in [3.8, 4) is 0 Å². The molecule has 31 heavy (non-hydrogen) atoms. The van der Waals surface area contributed by atoms with Crippen LogP contribution in [0.4, 0.5) is 11.5 Å². The van der Waals surface area contributed by atoms with Crippen LogP contribution in [0.1, 0.15) is 27.7 Å². The maximum absolute atomic E-state index is 13.4. The van der Waals surface area contributed by atoms with Crippen LogP contribution in [0.3, 0.4) is 0 Å². The van der Waals surface area contributed by atoms with Gasteiger partial charge in [0.25, 0.3) is 11.6 Å². The zero-order valence-corrected chi connectivity index (χ0v) is 16.4. The summed E-state index contributed by atoms with van der Waals surface area (Å²) in [4.78, 5) is 42.9. The minimum atomic E-state index is -0.863. The molecule has 1 amide bonds. The van der Waals surface area contributed by atoms with Gasteiger partial charge < -0.3 is 4.42 Å². The van der Waals surface area contributed by atoms with Crippen LogP contribution in [-0.4, -0.2) is 15.8 Å². The Morgan fingerprint density at radius 3 is 2.52 bits per heavy atom. The number of benzene rings is 2. The lowest BCUT2D eigenvalue weighted by Crippen LogP contribution is -2.30. The molecule has 2 aromatic heterocycles. The molecular formula is C22H12ClN3O5. The number of non-ortho nitro benzene ring substituents is 1. The zero-order chi connectivity index (χ0) is 21.7. The Labute approximate surface area is 179 Å². The molecule has 152 valence electrons. The lowest BCUT2D eigenvalue weighted by molar-refractivity contribution is -0.384. The van der Waals surface area contributed by atoms with Gasteiger partial charge in [0, 0.05) is 23.4 Å². The van der Waals surface area contributed by atoms with Crippen molar-refractivity contribution < 1.29 is 14.1 Å². The molecule has 4 aromatic rings. The van der Waals surface area contributed by atoms with Gasteiger partial charge in [-0.15, -0.1) is 0 Å². The first-order valence-corrected chi connectivity index (χ1v) is 9.58. The molecular weight excluding hydrogens is 422 g/mol. The number of nitro groups is 1. The first-order valence-electron chi connectivity index (χ1n) is 9.21. The molecule has 0 spiro atoms. The van der Waals surface area contributed by atoms with Gasteiger partial charge in [0.2, 0.25) is 5.76 Å². The maximum Gasteiger partial charge on any atom is 0.296 e. The lowest BCUT2D eigenvalue weighted by atomic mass is 9.98. The molecule has 0 bridgehead atoms. The Kier molecular flexibility index (Phi) is 4.30. The van der Waals surface area contributed by atoms with E-state index in [-0.39, 0.29) is 28.0 Å². The lowest BCUT2D eigenvalue weighted by Gasteiger charge is -2.24. The molecule has 0 unspecified atom stereocenters. The summed E-state index contributed by atoms with van der Waals surface area (Å²) in [7, 11) is 0. The fraction of sp³-hybridized carbons (Fsp3) is 0.0455. The number of carbonyl (C=O) groups is 1. The molecule has 1 atom stereocenters. The second-order valence-corrected chi connectivity index (χ2v) is 7.37. The van der Waals surface area contributed by atoms with Crippen molar-refractivity contribution in [3.63, 3.8) is 0 Å². The number of amides is 1. The predicted octanol–water partition coefficient (Wildman–Crippen LogP) is 4.50. The Bertz CT molecular complexity index is 1420. The second kappa shape index (κ2) is 7.03. The molecule has 0 saturated heterocycles. The number of hydrogen-bond acceptors (Lipinski definition) is 6. The van der Waals surface area contributed by atoms with Gasteiger partial charge in [-0.1, -0.05) is 17.7 Å². The average Bonchev–Trinajstić information content (AvgIpc) is 3.07. The average molecular weight is 434 g/mol. The van der Waals surface area contributed by atoms with E-state index < -0.39 is 22.3 Å². The molecule has 8 nitrogen and oxygen atoms in total. The van der Waals surface area contributed by atoms with Gasteiger partial charge in [0.1, 0.15) is 11.4 Å². The summed E-state index contributed by atoms with van der Waals surface area (Å²) in [6.45, 7) is 0. The molecule has 9 heteroatoms. The van der Waals surface area contributed by atoms with Crippen LogP contribution in [-0.2, 0) is 0 Å². The highest BCUT2D eigenvalue weighted by Crippen LogP contribution is 2.40. The molecule has 0 aliphatic carbocycles. The fourth-order valence-corrected chi connectivity index (χ4v) is 3.94. The van der Waals surface area contributed by atoms with Crippen molar-refractivity contribution in [1.82, 2.24) is 4.98 Å². The van der Waals surface area contributed by atoms with Crippen LogP contribution in [0.15, 0.2) is 76.1 Å². The van der Waals surface area contributed by atoms with Crippen molar-refractivity contribution in [3.05, 3.63) is 109 Å². The first-order chi connectivity index (χ1) is 15.0. The summed E-state index contributed by atoms with van der Waals surface area (Å²) in [5.74, 6) is -0.288. The monoisotopic (exact) mass is 433 g/mol. The number of hydrogen-bond donors (Lipinski definition) is 0. The summed E-state index contributed by atoms with van der Waals surface area (Å²) in [5, 5.41) is 11.7. The largest absolute Gasteiger partial charge is 0.450 e. The molecule has 1 aliphatic heterocycles. The number of fused-ring (bicyclic) bond motifs is 2. The topological polar surface area (TPSA) is 107 Å². The molecule has 2 aromatic carbocycles. The smallest absolute Gasteiger partial charge is 0.296 e. The number of anilines is 1. The Hall–Kier alpha value is -4.04. The van der Waals surface area contributed by atoms with E-state index in [4.69, 9.17) is 16.0 Å². The van der Waals surface area contributed by atoms with Crippen LogP contribution in [0.2, 0.25) is 5.02 Å². The van der Waals surface area contributed by atoms with Gasteiger partial charge in [-0.05, 0) is 48.0 Å². The highest BCUT2D eigenvalue weighted by molar-refractivity contribution is 6.31. The van der Waals surface area contributed by atoms with Crippen molar-refractivity contribution in [2.45, 2.75) is 6.04 Å². The summed E-state index contributed by atoms with van der Waals surface area (Å²) in [6.07, 6.45) is 1.53. The van der Waals surface area contributed by atoms with E-state index in [2.05, 4.69) is 4.98 Å². The van der Waals surface area contributed by atoms with Crippen molar-refractivity contribution in [1.29, 1.82) is 0 Å². The highest BCUT2D eigenvalue weighted by Gasteiger charge is 2.44. The SMILES string of the molecule is O=C1c2oc3ccc(Cl)cc3c(=O)c2[C@H](c2ccc([N+](=O)[O-])cc2)N1c1ccccn1. The van der Waals surface area contributed by atoms with E-state index in [1.165, 1.54) is 47.5 Å². The van der Waals surface area contributed by atoms with Crippen molar-refractivity contribution in [2.24, 2.45) is 0 Å². The minimum absolute atomic E-state index is 0.0890. The van der Waals surface area contributed by atoms with Crippen LogP contribution < -0.4 is 10.3 Å². The fourth-order valence-electron chi connectivity index (χ4n) is 3.77. The van der Waals surface area contributed by atoms with Crippen molar-refractivity contribution >= 4 is 40.0 Å². The number of aromatic nitrogens is 1. The summed E-state index contributed by atoms with van der Waals surface area (Å²) >= 11 is 6.06. The van der Waals surface area contributed by atoms with E-state index in [1.807, 2.05) is 0 Å². The van der Waals surface area contributed by atoms with E-state index in [0.717, 1.165) is 0 Å². The van der Waals surface area contributed by atoms with Gasteiger partial charge in [-0.25, -0.2) is 4.98 Å². The normalized spacial score (nSPS) is 15.3. The van der Waals surface area contributed by atoms with Crippen LogP contribution in [0.25, 0.3) is 11.0 Å². The quantitative estimate of drug-likeness (QED) is 0.348. The number of nitro benzene ring substituents is 1. The van der Waals surface area contributed by atoms with Crippen LogP contribution >= 0.6 is 11.6 Å². The summed E-state index contributed by atoms with van der Waals surface area (Å²) in [6, 6.07) is 14.5. The molecule has 0 fully saturated rings. The number of rotatable bonds is 3. The molecule has 0 saturated carbocycles. The number of nitrogens with zero attached hydrogens (tertiary/aromatic N) is 3. The van der Waals surface area contributed by atoms with Crippen LogP contribution in [0.5, 0.6) is 0 Å². The maximum atomic E-state index is 13.4. The van der Waals surface area contributed by atoms with Gasteiger partial charge in [0.05, 0.1) is 21.9 Å². The molecule has 5 rings (SSSR count). The first kappa shape index (κ1) is 19.0. The standard InChI is InChI=1S/C22H12ClN3O5/c23-13-6-9-16-15(11-13)20(27)18-19(12-4-7-14(8-5-12)26(29)30)25(22(28)21(18)31-16)17-3-1-2-10-24-17/h1-11,19H/t19-/m0/s1. The minimum Gasteiger partial charge on any atom is -0.450 e. The van der Waals surface area contributed by atoms with Gasteiger partial charge in [0.15, 0.2) is 5.43 Å². The number of carbonyl (C=O) groups excluding carboxylic acids is 1. The third-order valence-electron chi connectivity index (χ3n) is 5.15. The van der Waals surface area contributed by atoms with E-state index in [1.54, 1.807) is 24.3 Å². The molecule has 0 N–H and O–H groups in total. The molecule has 1 aliphatic rings. The molecule has 0 radical (unpaired) electrons. The third kappa shape index (κ3) is 2.96. The van der Waals surface area contributed by atoms with Gasteiger partial charge >= 0.3 is 0 Å². The van der Waals surface area contributed by atoms with Gasteiger partial charge in [-0.3, -0.25) is 24.6 Å². The third-order valence-corrected chi connectivity index (χ3v) is 5.38. The number of pyridine rings is 1. The zero-order valence-electron chi connectivity index (χ0n) is 15.7. The summed E-state index contributed by atoms with van der Waals surface area (Å²) < 4.78 is 5.83. The second-order valence-electron chi connectivity index (χ2n) is 6.93. The van der Waals surface area contributed by atoms with Gasteiger partial charge in [-0.2, -0.15) is 0 Å². The Balaban J connectivity index is 1.79. The predicted molar refractivity (Wildman–Crippen MR) is 113 cm³/mol. The Morgan fingerprint density at radius 2 is 1.84 bits per heavy atom. The van der Waals surface area contributed by atoms with Crippen molar-refractivity contribution in [2.75, 3.05) is 4.90 Å².